The average Bonchev–Trinajstić information content (AvgIpc) is 3.99. The first-order valence-electron chi connectivity index (χ1n) is 24.5. The Hall–Kier alpha value is -6.40. The van der Waals surface area contributed by atoms with Crippen molar-refractivity contribution < 1.29 is 46.9 Å². The number of anilines is 1. The third-order valence-corrected chi connectivity index (χ3v) is 15.3. The van der Waals surface area contributed by atoms with Gasteiger partial charge in [0.1, 0.15) is 41.3 Å². The van der Waals surface area contributed by atoms with Crippen LogP contribution in [0, 0.1) is 5.92 Å². The van der Waals surface area contributed by atoms with Gasteiger partial charge in [0.15, 0.2) is 11.2 Å². The van der Waals surface area contributed by atoms with Gasteiger partial charge in [0.2, 0.25) is 11.9 Å². The summed E-state index contributed by atoms with van der Waals surface area (Å²) < 4.78 is 63.5. The quantitative estimate of drug-likeness (QED) is 0.0455. The Morgan fingerprint density at radius 1 is 0.795 bits per heavy atom. The molecule has 6 aromatic rings. The molecule has 1 fully saturated rings. The van der Waals surface area contributed by atoms with Crippen LogP contribution in [0.15, 0.2) is 114 Å². The second-order valence-electron chi connectivity index (χ2n) is 18.9. The van der Waals surface area contributed by atoms with E-state index in [-0.39, 0.29) is 73.2 Å². The number of nitrogens with zero attached hydrogens (tertiary/aromatic N) is 5. The number of methoxy groups -OCH3 is 3. The number of imidazole rings is 1. The van der Waals surface area contributed by atoms with Crippen LogP contribution in [0.2, 0.25) is 0 Å². The van der Waals surface area contributed by atoms with E-state index in [0.717, 1.165) is 16.7 Å². The van der Waals surface area contributed by atoms with Gasteiger partial charge < -0.3 is 28.6 Å². The second kappa shape index (κ2) is 23.6. The number of hydrogen-bond donors (Lipinski definition) is 2. The molecule has 0 aliphatic carbocycles. The summed E-state index contributed by atoms with van der Waals surface area (Å²) in [4.78, 5) is 53.4. The second-order valence-corrected chi connectivity index (χ2v) is 20.8. The molecule has 4 atom stereocenters. The number of aromatic nitrogens is 4. The van der Waals surface area contributed by atoms with Gasteiger partial charge in [0.25, 0.3) is 11.5 Å². The van der Waals surface area contributed by atoms with Crippen LogP contribution in [0.4, 0.5) is 5.95 Å². The van der Waals surface area contributed by atoms with Crippen LogP contribution in [0.3, 0.4) is 0 Å². The number of ether oxygens (including phenoxy) is 5. The fraction of sp³-hybridized carbons (Fsp3) is 0.426. The highest BCUT2D eigenvalue weighted by Gasteiger charge is 2.48. The van der Waals surface area contributed by atoms with Gasteiger partial charge in [-0.25, -0.2) is 14.2 Å². The Labute approximate surface area is 426 Å². The van der Waals surface area contributed by atoms with E-state index in [1.165, 1.54) is 6.33 Å². The molecule has 1 aliphatic heterocycles. The van der Waals surface area contributed by atoms with Crippen molar-refractivity contribution in [1.82, 2.24) is 29.1 Å². The molecule has 1 unspecified atom stereocenters. The van der Waals surface area contributed by atoms with Gasteiger partial charge in [-0.3, -0.25) is 38.3 Å². The van der Waals surface area contributed by atoms with Crippen LogP contribution >= 0.6 is 7.75 Å². The van der Waals surface area contributed by atoms with Gasteiger partial charge >= 0.3 is 7.75 Å². The maximum absolute atomic E-state index is 15.9. The molecule has 2 amide bonds. The van der Waals surface area contributed by atoms with Crippen molar-refractivity contribution in [1.29, 1.82) is 0 Å². The molecule has 0 saturated carbocycles. The molecule has 73 heavy (non-hydrogen) atoms. The summed E-state index contributed by atoms with van der Waals surface area (Å²) in [5.74, 6) is 0.908. The number of carbonyl (C=O) groups excluding carboxylic acids is 2. The summed E-state index contributed by atoms with van der Waals surface area (Å²) in [5.41, 5.74) is 1.13. The summed E-state index contributed by atoms with van der Waals surface area (Å²) in [6.45, 7) is 14.7. The van der Waals surface area contributed by atoms with Crippen LogP contribution in [0.5, 0.6) is 17.2 Å². The Morgan fingerprint density at radius 3 is 1.86 bits per heavy atom. The first-order valence-corrected chi connectivity index (χ1v) is 26.0. The van der Waals surface area contributed by atoms with Crippen molar-refractivity contribution >= 4 is 36.7 Å². The molecule has 0 radical (unpaired) electrons. The first kappa shape index (κ1) is 54.4. The lowest BCUT2D eigenvalue weighted by molar-refractivity contribution is -0.118. The number of fused-ring (bicyclic) bond motifs is 1. The van der Waals surface area contributed by atoms with Crippen LogP contribution in [-0.4, -0.2) is 112 Å². The predicted octanol–water partition coefficient (Wildman–Crippen LogP) is 9.22. The number of carbonyl (C=O) groups is 2. The first-order chi connectivity index (χ1) is 34.9. The number of aromatic amines is 1. The summed E-state index contributed by atoms with van der Waals surface area (Å²) >= 11 is 0. The van der Waals surface area contributed by atoms with Crippen molar-refractivity contribution in [2.24, 2.45) is 5.92 Å². The van der Waals surface area contributed by atoms with Crippen LogP contribution in [-0.2, 0) is 33.5 Å². The molecular formula is C54H68N7O11P. The minimum Gasteiger partial charge on any atom is -0.497 e. The van der Waals surface area contributed by atoms with E-state index in [0.29, 0.717) is 22.8 Å². The largest absolute Gasteiger partial charge is 0.497 e. The molecule has 390 valence electrons. The number of H-pyrrole nitrogens is 1. The van der Waals surface area contributed by atoms with Crippen molar-refractivity contribution in [2.75, 3.05) is 46.4 Å². The number of nitrogens with one attached hydrogen (secondary N) is 2. The van der Waals surface area contributed by atoms with Gasteiger partial charge in [-0.2, -0.15) is 4.98 Å². The lowest BCUT2D eigenvalue weighted by Crippen LogP contribution is -2.42. The number of rotatable bonds is 23. The molecule has 2 aromatic heterocycles. The van der Waals surface area contributed by atoms with E-state index in [1.807, 2.05) is 120 Å². The van der Waals surface area contributed by atoms with Crippen molar-refractivity contribution in [2.45, 2.75) is 104 Å². The maximum atomic E-state index is 15.9. The minimum atomic E-state index is -4.30. The van der Waals surface area contributed by atoms with Gasteiger partial charge in [-0.15, -0.1) is 0 Å². The smallest absolute Gasteiger partial charge is 0.409 e. The highest BCUT2D eigenvalue weighted by molar-refractivity contribution is 7.51. The van der Waals surface area contributed by atoms with Crippen LogP contribution < -0.4 is 25.1 Å². The Morgan fingerprint density at radius 2 is 1.34 bits per heavy atom. The standard InChI is InChI=1S/C54H68N7O11P/c1-34(2)50(62)57-53-56-49-48(51(63)58-53)55-33-60(49)47-31-45(72-73(65,61(36(5)6)37(7)8)70-30-29-59(35(3)4)52(64)38-17-23-42(66-9)24-18-38)46(71-47)32-69-54(39-15-13-12-14-16-39,40-19-25-43(67-10)26-20-40)41-21-27-44(68-11)28-22-41/h12-28,33-37,45-47H,29-32H2,1-11H3,(H2,56,57,58,62,63)/t45-,46+,47+,73?/m0/s1. The SMILES string of the molecule is COc1ccc(C(=O)N(CCOP(=O)(O[C@H]2C[C@H](n3cnc4c(=O)[nH]c(NC(=O)C(C)C)nc43)O[C@@H]2COC(c2ccccc2)(c2ccc(OC)cc2)c2ccc(OC)cc2)N(C(C)C)C(C)C)C(C)C)cc1. The summed E-state index contributed by atoms with van der Waals surface area (Å²) in [6, 6.07) is 31.0. The Balaban J connectivity index is 1.31. The molecule has 3 heterocycles. The maximum Gasteiger partial charge on any atom is 0.409 e. The summed E-state index contributed by atoms with van der Waals surface area (Å²) in [6.07, 6.45) is -1.34. The molecule has 1 saturated heterocycles. The summed E-state index contributed by atoms with van der Waals surface area (Å²) in [5, 5.41) is 2.68. The van der Waals surface area contributed by atoms with E-state index < -0.39 is 43.3 Å². The number of benzene rings is 4. The van der Waals surface area contributed by atoms with Gasteiger partial charge in [0.05, 0.1) is 40.9 Å². The molecule has 0 bridgehead atoms. The summed E-state index contributed by atoms with van der Waals surface area (Å²) in [7, 11) is 0.473. The highest BCUT2D eigenvalue weighted by Crippen LogP contribution is 2.57. The number of amides is 2. The van der Waals surface area contributed by atoms with Gasteiger partial charge in [-0.05, 0) is 107 Å². The topological polar surface area (TPSA) is 198 Å². The fourth-order valence-corrected chi connectivity index (χ4v) is 11.4. The van der Waals surface area contributed by atoms with Crippen molar-refractivity contribution in [3.8, 4) is 17.2 Å². The van der Waals surface area contributed by atoms with E-state index in [2.05, 4.69) is 20.3 Å². The third-order valence-electron chi connectivity index (χ3n) is 12.7. The minimum absolute atomic E-state index is 0.0177. The lowest BCUT2D eigenvalue weighted by atomic mass is 9.80. The predicted molar refractivity (Wildman–Crippen MR) is 278 cm³/mol. The Bertz CT molecular complexity index is 2840. The molecule has 18 nitrogen and oxygen atoms in total. The van der Waals surface area contributed by atoms with Gasteiger partial charge in [-0.1, -0.05) is 68.4 Å². The molecular weight excluding hydrogens is 954 g/mol. The van der Waals surface area contributed by atoms with Crippen LogP contribution in [0.25, 0.3) is 11.2 Å². The van der Waals surface area contributed by atoms with Crippen molar-refractivity contribution in [3.63, 3.8) is 0 Å². The van der Waals surface area contributed by atoms with E-state index in [4.69, 9.17) is 32.7 Å². The van der Waals surface area contributed by atoms with Crippen molar-refractivity contribution in [3.05, 3.63) is 142 Å². The molecule has 0 spiro atoms. The van der Waals surface area contributed by atoms with Crippen LogP contribution in [0.1, 0.15) is 95.1 Å². The molecule has 2 N–H and O–H groups in total. The normalized spacial score (nSPS) is 16.9. The average molecular weight is 1020 g/mol. The zero-order chi connectivity index (χ0) is 52.6. The Kier molecular flexibility index (Phi) is 17.6. The lowest BCUT2D eigenvalue weighted by Gasteiger charge is -2.39. The zero-order valence-corrected chi connectivity index (χ0v) is 44.3. The van der Waals surface area contributed by atoms with E-state index in [1.54, 1.807) is 73.6 Å². The molecule has 19 heteroatoms. The molecule has 1 aliphatic rings. The monoisotopic (exact) mass is 1020 g/mol. The zero-order valence-electron chi connectivity index (χ0n) is 43.4. The fourth-order valence-electron chi connectivity index (χ4n) is 9.10. The number of hydrogen-bond acceptors (Lipinski definition) is 13. The van der Waals surface area contributed by atoms with E-state index in [9.17, 15) is 14.4 Å². The highest BCUT2D eigenvalue weighted by atomic mass is 31.2. The van der Waals surface area contributed by atoms with Gasteiger partial charge in [0, 0.05) is 42.6 Å². The molecule has 4 aromatic carbocycles. The molecule has 7 rings (SSSR count). The third kappa shape index (κ3) is 12.0. The van der Waals surface area contributed by atoms with E-state index >= 15 is 4.57 Å².